The Kier molecular flexibility index (Phi) is 1.82. The van der Waals surface area contributed by atoms with E-state index in [-0.39, 0.29) is 12.4 Å². The number of carbonyl (C=O) groups is 1. The molecule has 2 N–H and O–H groups in total. The summed E-state index contributed by atoms with van der Waals surface area (Å²) < 4.78 is 0. The molecule has 0 saturated heterocycles. The number of rotatable bonds is 2. The fraction of sp³-hybridized carbons (Fsp3) is 0.333. The maximum Gasteiger partial charge on any atom is 0.163 e. The molecule has 0 fully saturated rings. The largest absolute Gasteiger partial charge is 0.390 e. The molecule has 1 aromatic rings. The lowest BCUT2D eigenvalue weighted by molar-refractivity contribution is 0.101. The molecule has 0 saturated carbocycles. The highest BCUT2D eigenvalue weighted by molar-refractivity contribution is 5.94. The molecular weight excluding hydrogens is 132 g/mol. The number of ketones is 1. The van der Waals surface area contributed by atoms with Crippen LogP contribution in [0.1, 0.15) is 23.0 Å². The lowest BCUT2D eigenvalue weighted by atomic mass is 10.2. The van der Waals surface area contributed by atoms with Gasteiger partial charge in [-0.15, -0.1) is 0 Å². The Hall–Kier alpha value is -1.16. The zero-order valence-corrected chi connectivity index (χ0v) is 5.59. The monoisotopic (exact) mass is 140 g/mol. The van der Waals surface area contributed by atoms with Crippen molar-refractivity contribution in [3.05, 3.63) is 17.5 Å². The van der Waals surface area contributed by atoms with Crippen LogP contribution >= 0.6 is 0 Å². The van der Waals surface area contributed by atoms with E-state index in [1.54, 1.807) is 0 Å². The summed E-state index contributed by atoms with van der Waals surface area (Å²) in [7, 11) is 0. The number of aromatic amines is 1. The molecule has 54 valence electrons. The van der Waals surface area contributed by atoms with E-state index in [9.17, 15) is 4.79 Å². The lowest BCUT2D eigenvalue weighted by Gasteiger charge is -1.91. The molecule has 0 aliphatic heterocycles. The second-order valence-electron chi connectivity index (χ2n) is 1.98. The van der Waals surface area contributed by atoms with Gasteiger partial charge in [0.05, 0.1) is 24.1 Å². The summed E-state index contributed by atoms with van der Waals surface area (Å²) in [5.74, 6) is -0.0854. The van der Waals surface area contributed by atoms with Crippen molar-refractivity contribution >= 4 is 5.78 Å². The molecule has 10 heavy (non-hydrogen) atoms. The van der Waals surface area contributed by atoms with E-state index >= 15 is 0 Å². The molecule has 0 aliphatic rings. The van der Waals surface area contributed by atoms with Crippen LogP contribution in [-0.4, -0.2) is 21.1 Å². The van der Waals surface area contributed by atoms with Crippen LogP contribution in [0.3, 0.4) is 0 Å². The molecule has 0 radical (unpaired) electrons. The van der Waals surface area contributed by atoms with Gasteiger partial charge in [0, 0.05) is 0 Å². The minimum atomic E-state index is -0.172. The van der Waals surface area contributed by atoms with E-state index < -0.39 is 0 Å². The summed E-state index contributed by atoms with van der Waals surface area (Å²) in [6.45, 7) is 1.26. The van der Waals surface area contributed by atoms with Crippen molar-refractivity contribution in [3.63, 3.8) is 0 Å². The number of nitrogens with zero attached hydrogens (tertiary/aromatic N) is 1. The minimum Gasteiger partial charge on any atom is -0.390 e. The number of aromatic nitrogens is 2. The molecule has 0 bridgehead atoms. The van der Waals surface area contributed by atoms with Crippen LogP contribution < -0.4 is 0 Å². The molecule has 1 rings (SSSR count). The van der Waals surface area contributed by atoms with Crippen LogP contribution in [0.15, 0.2) is 6.20 Å². The van der Waals surface area contributed by atoms with Crippen LogP contribution in [0.25, 0.3) is 0 Å². The lowest BCUT2D eigenvalue weighted by Crippen LogP contribution is -1.95. The molecule has 0 atom stereocenters. The third-order valence-electron chi connectivity index (χ3n) is 1.26. The topological polar surface area (TPSA) is 66.0 Å². The summed E-state index contributed by atoms with van der Waals surface area (Å²) in [6.07, 6.45) is 1.41. The first-order chi connectivity index (χ1) is 4.75. The maximum absolute atomic E-state index is 10.7. The Morgan fingerprint density at radius 1 is 1.90 bits per heavy atom. The van der Waals surface area contributed by atoms with Crippen molar-refractivity contribution in [2.75, 3.05) is 0 Å². The molecule has 4 nitrogen and oxygen atoms in total. The van der Waals surface area contributed by atoms with E-state index in [0.717, 1.165) is 0 Å². The van der Waals surface area contributed by atoms with Crippen LogP contribution in [0.2, 0.25) is 0 Å². The summed E-state index contributed by atoms with van der Waals surface area (Å²) in [5.41, 5.74) is 0.940. The predicted molar refractivity (Wildman–Crippen MR) is 34.5 cm³/mol. The predicted octanol–water partition coefficient (Wildman–Crippen LogP) is 0.105. The van der Waals surface area contributed by atoms with Gasteiger partial charge in [0.25, 0.3) is 0 Å². The van der Waals surface area contributed by atoms with Gasteiger partial charge in [0.1, 0.15) is 0 Å². The van der Waals surface area contributed by atoms with E-state index in [1.807, 2.05) is 0 Å². The van der Waals surface area contributed by atoms with E-state index in [0.29, 0.717) is 11.3 Å². The van der Waals surface area contributed by atoms with Crippen molar-refractivity contribution in [2.24, 2.45) is 0 Å². The molecule has 0 amide bonds. The standard InChI is InChI=1S/C6H8N2O2/c1-4(10)5-2-7-8-6(5)3-9/h2,9H,3H2,1H3,(H,7,8). The fourth-order valence-electron chi connectivity index (χ4n) is 0.737. The highest BCUT2D eigenvalue weighted by Crippen LogP contribution is 2.03. The molecule has 0 aliphatic carbocycles. The van der Waals surface area contributed by atoms with Gasteiger partial charge in [-0.2, -0.15) is 5.10 Å². The van der Waals surface area contributed by atoms with Gasteiger partial charge in [-0.3, -0.25) is 9.89 Å². The van der Waals surface area contributed by atoms with Crippen LogP contribution in [0.5, 0.6) is 0 Å². The van der Waals surface area contributed by atoms with Crippen molar-refractivity contribution in [1.29, 1.82) is 0 Å². The number of H-pyrrole nitrogens is 1. The minimum absolute atomic E-state index is 0.0854. The number of aliphatic hydroxyl groups excluding tert-OH is 1. The highest BCUT2D eigenvalue weighted by Gasteiger charge is 2.06. The number of carbonyl (C=O) groups excluding carboxylic acids is 1. The Labute approximate surface area is 57.9 Å². The summed E-state index contributed by atoms with van der Waals surface area (Å²) in [6, 6.07) is 0. The van der Waals surface area contributed by atoms with Gasteiger partial charge in [-0.1, -0.05) is 0 Å². The highest BCUT2D eigenvalue weighted by atomic mass is 16.3. The fourth-order valence-corrected chi connectivity index (χ4v) is 0.737. The van der Waals surface area contributed by atoms with E-state index in [4.69, 9.17) is 5.11 Å². The third kappa shape index (κ3) is 1.06. The van der Waals surface area contributed by atoms with Gasteiger partial charge in [0.2, 0.25) is 0 Å². The third-order valence-corrected chi connectivity index (χ3v) is 1.26. The van der Waals surface area contributed by atoms with Gasteiger partial charge < -0.3 is 5.11 Å². The van der Waals surface area contributed by atoms with Crippen molar-refractivity contribution in [2.45, 2.75) is 13.5 Å². The number of Topliss-reactive ketones (excluding diaryl/α,β-unsaturated/α-hetero) is 1. The molecule has 0 aromatic carbocycles. The number of aliphatic hydroxyl groups is 1. The number of hydrogen-bond donors (Lipinski definition) is 2. The quantitative estimate of drug-likeness (QED) is 0.573. The van der Waals surface area contributed by atoms with Crippen LogP contribution in [0, 0.1) is 0 Å². The van der Waals surface area contributed by atoms with Gasteiger partial charge in [0.15, 0.2) is 5.78 Å². The van der Waals surface area contributed by atoms with Gasteiger partial charge >= 0.3 is 0 Å². The van der Waals surface area contributed by atoms with E-state index in [2.05, 4.69) is 10.2 Å². The first-order valence-corrected chi connectivity index (χ1v) is 2.89. The van der Waals surface area contributed by atoms with Crippen molar-refractivity contribution < 1.29 is 9.90 Å². The second-order valence-corrected chi connectivity index (χ2v) is 1.98. The molecule has 0 spiro atoms. The zero-order chi connectivity index (χ0) is 7.56. The Morgan fingerprint density at radius 2 is 2.60 bits per heavy atom. The SMILES string of the molecule is CC(=O)c1cn[nH]c1CO. The smallest absolute Gasteiger partial charge is 0.163 e. The van der Waals surface area contributed by atoms with Crippen molar-refractivity contribution in [1.82, 2.24) is 10.2 Å². The maximum atomic E-state index is 10.7. The molecule has 1 heterocycles. The average Bonchev–Trinajstić information content (AvgIpc) is 2.33. The molecule has 4 heteroatoms. The summed E-state index contributed by atoms with van der Waals surface area (Å²) >= 11 is 0. The van der Waals surface area contributed by atoms with Crippen LogP contribution in [-0.2, 0) is 6.61 Å². The summed E-state index contributed by atoms with van der Waals surface area (Å²) in [5, 5.41) is 14.8. The normalized spacial score (nSPS) is 9.80. The number of nitrogens with one attached hydrogen (secondary N) is 1. The number of hydrogen-bond acceptors (Lipinski definition) is 3. The molecule has 0 unspecified atom stereocenters. The van der Waals surface area contributed by atoms with Gasteiger partial charge in [-0.25, -0.2) is 0 Å². The van der Waals surface area contributed by atoms with Crippen LogP contribution in [0.4, 0.5) is 0 Å². The molecule has 1 aromatic heterocycles. The Balaban J connectivity index is 3.01. The van der Waals surface area contributed by atoms with Crippen molar-refractivity contribution in [3.8, 4) is 0 Å². The molecular formula is C6H8N2O2. The van der Waals surface area contributed by atoms with E-state index in [1.165, 1.54) is 13.1 Å². The Morgan fingerprint density at radius 3 is 3.00 bits per heavy atom. The zero-order valence-electron chi connectivity index (χ0n) is 5.59. The first kappa shape index (κ1) is 6.95. The average molecular weight is 140 g/mol. The van der Waals surface area contributed by atoms with Gasteiger partial charge in [-0.05, 0) is 6.92 Å². The Bertz CT molecular complexity index is 242. The first-order valence-electron chi connectivity index (χ1n) is 2.89. The second kappa shape index (κ2) is 2.62. The summed E-state index contributed by atoms with van der Waals surface area (Å²) in [4.78, 5) is 10.7.